The van der Waals surface area contributed by atoms with Crippen LogP contribution in [0.15, 0.2) is 54.5 Å². The van der Waals surface area contributed by atoms with E-state index in [9.17, 15) is 18.8 Å². The number of imidazole rings is 1. The minimum atomic E-state index is -0.633. The fourth-order valence-corrected chi connectivity index (χ4v) is 5.02. The lowest BCUT2D eigenvalue weighted by Gasteiger charge is -2.21. The van der Waals surface area contributed by atoms with Gasteiger partial charge >= 0.3 is 6.09 Å². The number of amides is 3. The van der Waals surface area contributed by atoms with Gasteiger partial charge in [0.05, 0.1) is 47.6 Å². The van der Waals surface area contributed by atoms with Gasteiger partial charge in [0.2, 0.25) is 5.91 Å². The second-order valence-electron chi connectivity index (χ2n) is 9.83. The van der Waals surface area contributed by atoms with E-state index >= 15 is 0 Å². The largest absolute Gasteiger partial charge is 0.453 e. The molecule has 2 aromatic carbocycles. The van der Waals surface area contributed by atoms with Crippen molar-refractivity contribution in [3.05, 3.63) is 71.2 Å². The molecule has 1 aromatic heterocycles. The van der Waals surface area contributed by atoms with E-state index < -0.39 is 23.9 Å². The van der Waals surface area contributed by atoms with Crippen molar-refractivity contribution in [2.24, 2.45) is 5.92 Å². The summed E-state index contributed by atoms with van der Waals surface area (Å²) in [5.74, 6) is -0.945. The van der Waals surface area contributed by atoms with Gasteiger partial charge in [-0.1, -0.05) is 31.0 Å². The molecular formula is C28H30ClFN8O4. The zero-order valence-electron chi connectivity index (χ0n) is 22.9. The first kappa shape index (κ1) is 28.9. The van der Waals surface area contributed by atoms with Crippen molar-refractivity contribution in [3.8, 4) is 11.3 Å². The van der Waals surface area contributed by atoms with Crippen molar-refractivity contribution >= 4 is 46.6 Å². The predicted molar refractivity (Wildman–Crippen MR) is 155 cm³/mol. The van der Waals surface area contributed by atoms with E-state index in [1.807, 2.05) is 6.92 Å². The number of aromatic amines is 1. The van der Waals surface area contributed by atoms with Gasteiger partial charge < -0.3 is 20.4 Å². The number of hydrogen-bond acceptors (Lipinski definition) is 8. The van der Waals surface area contributed by atoms with Gasteiger partial charge in [-0.2, -0.15) is 0 Å². The molecule has 0 fully saturated rings. The quantitative estimate of drug-likeness (QED) is 0.247. The van der Waals surface area contributed by atoms with E-state index in [2.05, 4.69) is 41.6 Å². The molecule has 220 valence electrons. The first-order valence-electron chi connectivity index (χ1n) is 13.4. The highest BCUT2D eigenvalue weighted by Gasteiger charge is 2.27. The lowest BCUT2D eigenvalue weighted by molar-refractivity contribution is -0.120. The van der Waals surface area contributed by atoms with E-state index in [4.69, 9.17) is 11.6 Å². The summed E-state index contributed by atoms with van der Waals surface area (Å²) in [5, 5.41) is 9.90. The molecule has 2 aliphatic rings. The normalized spacial score (nSPS) is 18.4. The number of nitrogens with one attached hydrogen (secondary N) is 6. The molecule has 3 heterocycles. The van der Waals surface area contributed by atoms with Gasteiger partial charge in [-0.25, -0.2) is 14.2 Å². The van der Waals surface area contributed by atoms with E-state index in [0.29, 0.717) is 54.1 Å². The van der Waals surface area contributed by atoms with Crippen LogP contribution in [-0.4, -0.2) is 35.0 Å². The van der Waals surface area contributed by atoms with Crippen LogP contribution in [0.25, 0.3) is 11.3 Å². The van der Waals surface area contributed by atoms with Crippen LogP contribution in [-0.2, 0) is 14.3 Å². The molecule has 0 radical (unpaired) electrons. The highest BCUT2D eigenvalue weighted by Crippen LogP contribution is 2.33. The zero-order chi connectivity index (χ0) is 29.8. The third kappa shape index (κ3) is 6.16. The minimum Gasteiger partial charge on any atom is -0.453 e. The summed E-state index contributed by atoms with van der Waals surface area (Å²) in [4.78, 5) is 46.1. The van der Waals surface area contributed by atoms with E-state index in [1.165, 1.54) is 30.5 Å². The monoisotopic (exact) mass is 596 g/mol. The first-order valence-corrected chi connectivity index (χ1v) is 13.8. The SMILES string of the molecule is CC[C@@H]1CCC[C@H](NC(=O)C2=CN(c3cccc(Cl)c3F)NN2)c2ncc([nH]2)-c2ccc(NC(=O)OC)cc2NC1=O. The van der Waals surface area contributed by atoms with Crippen molar-refractivity contribution in [2.45, 2.75) is 38.6 Å². The zero-order valence-corrected chi connectivity index (χ0v) is 23.6. The summed E-state index contributed by atoms with van der Waals surface area (Å²) in [5.41, 5.74) is 8.01. The second kappa shape index (κ2) is 12.5. The molecule has 6 N–H and O–H groups in total. The van der Waals surface area contributed by atoms with Gasteiger partial charge in [0.25, 0.3) is 5.91 Å². The molecule has 0 unspecified atom stereocenters. The summed E-state index contributed by atoms with van der Waals surface area (Å²) in [7, 11) is 1.27. The lowest BCUT2D eigenvalue weighted by Crippen LogP contribution is -2.40. The van der Waals surface area contributed by atoms with Crippen LogP contribution in [0.1, 0.15) is 44.5 Å². The molecule has 12 nitrogen and oxygen atoms in total. The van der Waals surface area contributed by atoms with Crippen molar-refractivity contribution < 1.29 is 23.5 Å². The van der Waals surface area contributed by atoms with Crippen LogP contribution >= 0.6 is 11.6 Å². The Morgan fingerprint density at radius 1 is 1.24 bits per heavy atom. The number of benzene rings is 2. The Morgan fingerprint density at radius 3 is 2.86 bits per heavy atom. The molecule has 0 spiro atoms. The number of rotatable bonds is 5. The molecular weight excluding hydrogens is 567 g/mol. The fraction of sp³-hybridized carbons (Fsp3) is 0.286. The van der Waals surface area contributed by atoms with Gasteiger partial charge in [0.1, 0.15) is 11.5 Å². The maximum atomic E-state index is 14.5. The summed E-state index contributed by atoms with van der Waals surface area (Å²) >= 11 is 5.90. The number of hydrazine groups is 2. The van der Waals surface area contributed by atoms with Crippen LogP contribution in [0.2, 0.25) is 5.02 Å². The smallest absolute Gasteiger partial charge is 0.411 e. The van der Waals surface area contributed by atoms with Gasteiger partial charge in [-0.05, 0) is 49.6 Å². The Labute approximate surface area is 246 Å². The Hall–Kier alpha value is -4.62. The highest BCUT2D eigenvalue weighted by molar-refractivity contribution is 6.31. The Bertz CT molecular complexity index is 1540. The number of carbonyl (C=O) groups is 3. The van der Waals surface area contributed by atoms with Crippen LogP contribution in [0.5, 0.6) is 0 Å². The minimum absolute atomic E-state index is 0.0426. The molecule has 0 saturated heterocycles. The predicted octanol–water partition coefficient (Wildman–Crippen LogP) is 4.72. The molecule has 14 heteroatoms. The summed E-state index contributed by atoms with van der Waals surface area (Å²) in [6.45, 7) is 1.95. The Morgan fingerprint density at radius 2 is 2.07 bits per heavy atom. The number of carbonyl (C=O) groups excluding carboxylic acids is 3. The molecule has 3 aromatic rings. The average Bonchev–Trinajstić information content (AvgIpc) is 3.66. The number of aromatic nitrogens is 2. The topological polar surface area (TPSA) is 153 Å². The number of methoxy groups -OCH3 is 1. The van der Waals surface area contributed by atoms with E-state index in [0.717, 1.165) is 0 Å². The Balaban J connectivity index is 1.42. The fourth-order valence-electron chi connectivity index (χ4n) is 4.85. The highest BCUT2D eigenvalue weighted by atomic mass is 35.5. The van der Waals surface area contributed by atoms with Gasteiger partial charge in [0, 0.05) is 17.2 Å². The summed E-state index contributed by atoms with van der Waals surface area (Å²) in [6.07, 6.45) is 4.78. The number of anilines is 3. The van der Waals surface area contributed by atoms with Crippen molar-refractivity contribution in [1.29, 1.82) is 0 Å². The molecule has 0 saturated carbocycles. The second-order valence-corrected chi connectivity index (χ2v) is 10.2. The lowest BCUT2D eigenvalue weighted by atomic mass is 9.95. The van der Waals surface area contributed by atoms with E-state index in [1.54, 1.807) is 30.5 Å². The third-order valence-electron chi connectivity index (χ3n) is 7.14. The third-order valence-corrected chi connectivity index (χ3v) is 7.44. The number of H-pyrrole nitrogens is 1. The first-order chi connectivity index (χ1) is 20.3. The van der Waals surface area contributed by atoms with Gasteiger partial charge in [0.15, 0.2) is 5.82 Å². The standard InChI is InChI=1S/C28H30ClFN8O4/c1-3-15-6-4-8-19(34-27(40)22-14-38(37-36-22)23-9-5-7-18(29)24(23)30)25-31-13-21(33-25)17-11-10-16(32-28(41)42-2)12-20(17)35-26(15)39/h5,7,9-15,19,36-37H,3-4,6,8H2,1-2H3,(H,31,33)(H,32,41)(H,34,40)(H,35,39)/t15-,19+/m1/s1. The molecule has 0 aliphatic carbocycles. The van der Waals surface area contributed by atoms with Crippen LogP contribution in [0.4, 0.5) is 26.2 Å². The number of hydrogen-bond donors (Lipinski definition) is 6. The number of nitrogens with zero attached hydrogens (tertiary/aromatic N) is 2. The molecule has 5 rings (SSSR count). The number of ether oxygens (including phenoxy) is 1. The maximum Gasteiger partial charge on any atom is 0.411 e. The molecule has 3 amide bonds. The summed E-state index contributed by atoms with van der Waals surface area (Å²) in [6, 6.07) is 9.15. The van der Waals surface area contributed by atoms with Crippen LogP contribution in [0.3, 0.4) is 0 Å². The van der Waals surface area contributed by atoms with Crippen molar-refractivity contribution in [3.63, 3.8) is 0 Å². The summed E-state index contributed by atoms with van der Waals surface area (Å²) < 4.78 is 19.2. The Kier molecular flexibility index (Phi) is 8.59. The van der Waals surface area contributed by atoms with Gasteiger partial charge in [-0.15, -0.1) is 5.53 Å². The van der Waals surface area contributed by atoms with Crippen LogP contribution < -0.4 is 31.9 Å². The van der Waals surface area contributed by atoms with Crippen LogP contribution in [0, 0.1) is 11.7 Å². The molecule has 42 heavy (non-hydrogen) atoms. The van der Waals surface area contributed by atoms with Gasteiger partial charge in [-0.3, -0.25) is 25.3 Å². The molecule has 2 bridgehead atoms. The average molecular weight is 597 g/mol. The number of fused-ring (bicyclic) bond motifs is 4. The van der Waals surface area contributed by atoms with E-state index in [-0.39, 0.29) is 28.2 Å². The number of halogens is 2. The van der Waals surface area contributed by atoms with Crippen molar-refractivity contribution in [2.75, 3.05) is 22.8 Å². The van der Waals surface area contributed by atoms with Crippen molar-refractivity contribution in [1.82, 2.24) is 26.2 Å². The molecule has 2 aliphatic heterocycles. The maximum absolute atomic E-state index is 14.5. The molecule has 2 atom stereocenters.